The maximum Gasteiger partial charge on any atom is 0.238 e. The van der Waals surface area contributed by atoms with E-state index in [1.807, 2.05) is 0 Å². The molecule has 1 aliphatic rings. The quantitative estimate of drug-likeness (QED) is 0.845. The Kier molecular flexibility index (Phi) is 5.31. The standard InChI is InChI=1S/C16H24FN3O/c1-20(2)16(8-3-4-9-16)12-18-11-15(21)19-14-7-5-6-13(17)10-14/h5-7,10,18H,3-4,8-9,11-12H2,1-2H3,(H,19,21). The minimum Gasteiger partial charge on any atom is -0.325 e. The predicted molar refractivity (Wildman–Crippen MR) is 82.8 cm³/mol. The van der Waals surface area contributed by atoms with Gasteiger partial charge in [-0.2, -0.15) is 0 Å². The van der Waals surface area contributed by atoms with Crippen molar-refractivity contribution in [1.29, 1.82) is 0 Å². The summed E-state index contributed by atoms with van der Waals surface area (Å²) < 4.78 is 13.0. The first kappa shape index (κ1) is 15.9. The Hall–Kier alpha value is -1.46. The van der Waals surface area contributed by atoms with Crippen LogP contribution < -0.4 is 10.6 Å². The highest BCUT2D eigenvalue weighted by Gasteiger charge is 2.35. The molecular weight excluding hydrogens is 269 g/mol. The fourth-order valence-corrected chi connectivity index (χ4v) is 3.00. The normalized spacial score (nSPS) is 17.1. The second-order valence-electron chi connectivity index (χ2n) is 5.99. The summed E-state index contributed by atoms with van der Waals surface area (Å²) in [6, 6.07) is 5.93. The van der Waals surface area contributed by atoms with Crippen molar-refractivity contribution in [2.24, 2.45) is 0 Å². The molecule has 1 aromatic carbocycles. The predicted octanol–water partition coefficient (Wildman–Crippen LogP) is 2.23. The molecule has 0 heterocycles. The SMILES string of the molecule is CN(C)C1(CNCC(=O)Nc2cccc(F)c2)CCCC1. The van der Waals surface area contributed by atoms with E-state index in [0.717, 1.165) is 6.54 Å². The summed E-state index contributed by atoms with van der Waals surface area (Å²) in [6.45, 7) is 1.04. The Balaban J connectivity index is 1.79. The number of nitrogens with one attached hydrogen (secondary N) is 2. The molecule has 0 bridgehead atoms. The first-order chi connectivity index (χ1) is 10.0. The molecule has 1 fully saturated rings. The van der Waals surface area contributed by atoms with Gasteiger partial charge in [-0.1, -0.05) is 18.9 Å². The summed E-state index contributed by atoms with van der Waals surface area (Å²) in [6.07, 6.45) is 4.82. The van der Waals surface area contributed by atoms with Crippen molar-refractivity contribution < 1.29 is 9.18 Å². The van der Waals surface area contributed by atoms with Gasteiger partial charge in [-0.3, -0.25) is 4.79 Å². The van der Waals surface area contributed by atoms with E-state index < -0.39 is 0 Å². The van der Waals surface area contributed by atoms with Gasteiger partial charge in [-0.15, -0.1) is 0 Å². The molecule has 0 atom stereocenters. The van der Waals surface area contributed by atoms with Crippen LogP contribution in [0.1, 0.15) is 25.7 Å². The smallest absolute Gasteiger partial charge is 0.238 e. The molecule has 0 unspecified atom stereocenters. The van der Waals surface area contributed by atoms with E-state index in [1.165, 1.54) is 37.8 Å². The summed E-state index contributed by atoms with van der Waals surface area (Å²) in [4.78, 5) is 14.1. The minimum atomic E-state index is -0.349. The van der Waals surface area contributed by atoms with Crippen LogP contribution in [0.2, 0.25) is 0 Å². The summed E-state index contributed by atoms with van der Waals surface area (Å²) >= 11 is 0. The minimum absolute atomic E-state index is 0.146. The van der Waals surface area contributed by atoms with Gasteiger partial charge < -0.3 is 15.5 Å². The lowest BCUT2D eigenvalue weighted by molar-refractivity contribution is -0.115. The number of rotatable bonds is 6. The number of halogens is 1. The van der Waals surface area contributed by atoms with Crippen molar-refractivity contribution in [3.63, 3.8) is 0 Å². The number of carbonyl (C=O) groups is 1. The highest BCUT2D eigenvalue weighted by molar-refractivity contribution is 5.92. The number of hydrogen-bond acceptors (Lipinski definition) is 3. The summed E-state index contributed by atoms with van der Waals surface area (Å²) in [5, 5.41) is 5.93. The van der Waals surface area contributed by atoms with Crippen molar-refractivity contribution in [2.75, 3.05) is 32.5 Å². The van der Waals surface area contributed by atoms with E-state index in [0.29, 0.717) is 5.69 Å². The molecule has 0 aliphatic heterocycles. The average Bonchev–Trinajstić information content (AvgIpc) is 2.89. The van der Waals surface area contributed by atoms with E-state index >= 15 is 0 Å². The fourth-order valence-electron chi connectivity index (χ4n) is 3.00. The van der Waals surface area contributed by atoms with Gasteiger partial charge in [0, 0.05) is 17.8 Å². The number of nitrogens with zero attached hydrogens (tertiary/aromatic N) is 1. The van der Waals surface area contributed by atoms with Crippen LogP contribution in [0, 0.1) is 5.82 Å². The monoisotopic (exact) mass is 293 g/mol. The van der Waals surface area contributed by atoms with Crippen LogP contribution in [-0.2, 0) is 4.79 Å². The van der Waals surface area contributed by atoms with Gasteiger partial charge in [0.15, 0.2) is 0 Å². The molecular formula is C16H24FN3O. The third-order valence-corrected chi connectivity index (χ3v) is 4.33. The van der Waals surface area contributed by atoms with Crippen LogP contribution in [0.3, 0.4) is 0 Å². The van der Waals surface area contributed by atoms with Gasteiger partial charge in [-0.25, -0.2) is 4.39 Å². The topological polar surface area (TPSA) is 44.4 Å². The maximum atomic E-state index is 13.0. The lowest BCUT2D eigenvalue weighted by atomic mass is 9.96. The molecule has 1 aromatic rings. The number of hydrogen-bond donors (Lipinski definition) is 2. The zero-order valence-electron chi connectivity index (χ0n) is 12.8. The van der Waals surface area contributed by atoms with Crippen molar-refractivity contribution in [3.05, 3.63) is 30.1 Å². The van der Waals surface area contributed by atoms with E-state index in [9.17, 15) is 9.18 Å². The molecule has 2 rings (SSSR count). The Labute approximate surface area is 125 Å². The lowest BCUT2D eigenvalue weighted by Crippen LogP contribution is -2.50. The number of likely N-dealkylation sites (N-methyl/N-ethyl adjacent to an activating group) is 1. The zero-order valence-corrected chi connectivity index (χ0v) is 12.8. The van der Waals surface area contributed by atoms with Crippen molar-refractivity contribution >= 4 is 11.6 Å². The lowest BCUT2D eigenvalue weighted by Gasteiger charge is -2.36. The zero-order chi connectivity index (χ0) is 15.3. The third-order valence-electron chi connectivity index (χ3n) is 4.33. The molecule has 0 radical (unpaired) electrons. The van der Waals surface area contributed by atoms with Gasteiger partial charge >= 0.3 is 0 Å². The van der Waals surface area contributed by atoms with Crippen LogP contribution in [0.25, 0.3) is 0 Å². The number of carbonyl (C=O) groups excluding carboxylic acids is 1. The molecule has 0 saturated heterocycles. The van der Waals surface area contributed by atoms with Crippen LogP contribution in [0.4, 0.5) is 10.1 Å². The highest BCUT2D eigenvalue weighted by Crippen LogP contribution is 2.32. The third kappa shape index (κ3) is 4.25. The van der Waals surface area contributed by atoms with Crippen molar-refractivity contribution in [1.82, 2.24) is 10.2 Å². The Morgan fingerprint density at radius 1 is 1.33 bits per heavy atom. The molecule has 21 heavy (non-hydrogen) atoms. The molecule has 1 aliphatic carbocycles. The second-order valence-corrected chi connectivity index (χ2v) is 5.99. The van der Waals surface area contributed by atoms with Crippen molar-refractivity contribution in [2.45, 2.75) is 31.2 Å². The van der Waals surface area contributed by atoms with Crippen LogP contribution in [0.15, 0.2) is 24.3 Å². The molecule has 1 amide bonds. The highest BCUT2D eigenvalue weighted by atomic mass is 19.1. The fraction of sp³-hybridized carbons (Fsp3) is 0.562. The Morgan fingerprint density at radius 3 is 2.67 bits per heavy atom. The van der Waals surface area contributed by atoms with Crippen LogP contribution in [-0.4, -0.2) is 43.5 Å². The Morgan fingerprint density at radius 2 is 2.05 bits per heavy atom. The summed E-state index contributed by atoms with van der Waals surface area (Å²) in [7, 11) is 4.19. The molecule has 0 aromatic heterocycles. The van der Waals surface area contributed by atoms with Gasteiger partial charge in [0.25, 0.3) is 0 Å². The van der Waals surface area contributed by atoms with Crippen LogP contribution >= 0.6 is 0 Å². The van der Waals surface area contributed by atoms with E-state index in [1.54, 1.807) is 12.1 Å². The number of benzene rings is 1. The first-order valence-electron chi connectivity index (χ1n) is 7.45. The van der Waals surface area contributed by atoms with Crippen LogP contribution in [0.5, 0.6) is 0 Å². The average molecular weight is 293 g/mol. The number of amides is 1. The van der Waals surface area contributed by atoms with Gasteiger partial charge in [0.1, 0.15) is 5.82 Å². The molecule has 0 spiro atoms. The maximum absolute atomic E-state index is 13.0. The molecule has 2 N–H and O–H groups in total. The second kappa shape index (κ2) is 7.00. The van der Waals surface area contributed by atoms with E-state index in [-0.39, 0.29) is 23.8 Å². The number of anilines is 1. The molecule has 5 heteroatoms. The van der Waals surface area contributed by atoms with Gasteiger partial charge in [0.2, 0.25) is 5.91 Å². The Bertz CT molecular complexity index is 484. The van der Waals surface area contributed by atoms with E-state index in [2.05, 4.69) is 29.6 Å². The first-order valence-corrected chi connectivity index (χ1v) is 7.45. The summed E-state index contributed by atoms with van der Waals surface area (Å²) in [5.41, 5.74) is 0.657. The molecule has 116 valence electrons. The van der Waals surface area contributed by atoms with Gasteiger partial charge in [0.05, 0.1) is 6.54 Å². The van der Waals surface area contributed by atoms with E-state index in [4.69, 9.17) is 0 Å². The molecule has 1 saturated carbocycles. The largest absolute Gasteiger partial charge is 0.325 e. The van der Waals surface area contributed by atoms with Gasteiger partial charge in [-0.05, 0) is 45.1 Å². The molecule has 4 nitrogen and oxygen atoms in total. The van der Waals surface area contributed by atoms with Crippen molar-refractivity contribution in [3.8, 4) is 0 Å². The summed E-state index contributed by atoms with van der Waals surface area (Å²) in [5.74, 6) is -0.495.